The summed E-state index contributed by atoms with van der Waals surface area (Å²) in [7, 11) is 0. The highest BCUT2D eigenvalue weighted by Gasteiger charge is 2.69. The SMILES string of the molecule is C=C1C[C+]2CC(=O)O[B-]2(C(=O)OCc2ccc(Br)cc2)O1. The van der Waals surface area contributed by atoms with Gasteiger partial charge in [0.05, 0.1) is 5.76 Å². The number of hydrogen-bond donors (Lipinski definition) is 0. The Morgan fingerprint density at radius 2 is 2.05 bits per heavy atom. The van der Waals surface area contributed by atoms with Crippen LogP contribution in [0.3, 0.4) is 0 Å². The molecule has 2 aliphatic heterocycles. The van der Waals surface area contributed by atoms with Gasteiger partial charge in [-0.2, -0.15) is 0 Å². The fourth-order valence-electron chi connectivity index (χ4n) is 2.57. The first-order valence-corrected chi connectivity index (χ1v) is 7.28. The quantitative estimate of drug-likeness (QED) is 0.619. The van der Waals surface area contributed by atoms with E-state index in [1.807, 2.05) is 24.3 Å². The van der Waals surface area contributed by atoms with Gasteiger partial charge < -0.3 is 14.0 Å². The Kier molecular flexibility index (Phi) is 3.45. The first-order chi connectivity index (χ1) is 9.99. The maximum Gasteiger partial charge on any atom is 0.660 e. The van der Waals surface area contributed by atoms with Crippen LogP contribution in [0.4, 0.5) is 4.79 Å². The monoisotopic (exact) mass is 350 g/mol. The zero-order chi connectivity index (χ0) is 15.0. The number of fused-ring (bicyclic) bond motifs is 1. The van der Waals surface area contributed by atoms with Crippen molar-refractivity contribution in [2.45, 2.75) is 19.4 Å². The van der Waals surface area contributed by atoms with E-state index in [2.05, 4.69) is 22.5 Å². The van der Waals surface area contributed by atoms with Gasteiger partial charge in [0, 0.05) is 10.3 Å². The molecule has 0 N–H and O–H groups in total. The third kappa shape index (κ3) is 2.53. The summed E-state index contributed by atoms with van der Waals surface area (Å²) >= 11 is 3.33. The van der Waals surface area contributed by atoms with Crippen molar-refractivity contribution in [3.8, 4) is 0 Å². The van der Waals surface area contributed by atoms with Gasteiger partial charge in [0.15, 0.2) is 0 Å². The molecule has 0 aromatic heterocycles. The fraction of sp³-hybridized carbons (Fsp3) is 0.214. The molecule has 0 aliphatic carbocycles. The molecule has 1 atom stereocenters. The third-order valence-corrected chi connectivity index (χ3v) is 4.10. The van der Waals surface area contributed by atoms with Crippen LogP contribution in [0.25, 0.3) is 0 Å². The van der Waals surface area contributed by atoms with Crippen LogP contribution in [0.1, 0.15) is 18.4 Å². The molecule has 0 amide bonds. The van der Waals surface area contributed by atoms with E-state index in [9.17, 15) is 9.59 Å². The summed E-state index contributed by atoms with van der Waals surface area (Å²) in [5, 5.41) is 0. The van der Waals surface area contributed by atoms with Crippen LogP contribution < -0.4 is 0 Å². The standard InChI is InChI=1S/C14H12BBrO5/c1-9-6-11-7-13(17)21-15(11,20-9)14(18)19-8-10-2-4-12(16)5-3-10/h2-5H,1,6-8H2. The van der Waals surface area contributed by atoms with Gasteiger partial charge >= 0.3 is 12.5 Å². The third-order valence-electron chi connectivity index (χ3n) is 3.57. The van der Waals surface area contributed by atoms with Crippen molar-refractivity contribution in [2.24, 2.45) is 0 Å². The van der Waals surface area contributed by atoms with Gasteiger partial charge in [-0.3, -0.25) is 9.59 Å². The zero-order valence-corrected chi connectivity index (χ0v) is 12.7. The molecule has 2 heterocycles. The number of rotatable bonds is 3. The molecule has 1 aromatic rings. The summed E-state index contributed by atoms with van der Waals surface area (Å²) in [6.07, 6.45) is 0.464. The Hall–Kier alpha value is -1.89. The molecule has 5 nitrogen and oxygen atoms in total. The molecule has 0 bridgehead atoms. The van der Waals surface area contributed by atoms with Crippen LogP contribution in [0.15, 0.2) is 41.1 Å². The first kappa shape index (κ1) is 14.1. The van der Waals surface area contributed by atoms with Gasteiger partial charge in [0.25, 0.3) is 5.87 Å². The Morgan fingerprint density at radius 1 is 1.33 bits per heavy atom. The second-order valence-corrected chi connectivity index (χ2v) is 6.02. The molecule has 2 fully saturated rings. The second kappa shape index (κ2) is 5.14. The highest BCUT2D eigenvalue weighted by atomic mass is 79.9. The molecule has 2 aliphatic rings. The number of benzene rings is 1. The molecule has 7 heteroatoms. The predicted molar refractivity (Wildman–Crippen MR) is 78.9 cm³/mol. The van der Waals surface area contributed by atoms with Crippen molar-refractivity contribution in [1.29, 1.82) is 0 Å². The summed E-state index contributed by atoms with van der Waals surface area (Å²) in [5.74, 6) is -0.0700. The fourth-order valence-corrected chi connectivity index (χ4v) is 2.84. The van der Waals surface area contributed by atoms with Gasteiger partial charge in [-0.1, -0.05) is 34.6 Å². The number of ether oxygens (including phenoxy) is 1. The molecule has 0 spiro atoms. The van der Waals surface area contributed by atoms with E-state index in [1.165, 1.54) is 0 Å². The predicted octanol–water partition coefficient (Wildman–Crippen LogP) is 3.10. The number of carbonyl (C=O) groups excluding carboxylic acids is 2. The average molecular weight is 351 g/mol. The van der Waals surface area contributed by atoms with Crippen molar-refractivity contribution in [1.82, 2.24) is 0 Å². The summed E-state index contributed by atoms with van der Waals surface area (Å²) in [5.41, 5.74) is 0.835. The Balaban J connectivity index is 1.71. The van der Waals surface area contributed by atoms with Gasteiger partial charge in [-0.15, -0.1) is 0 Å². The van der Waals surface area contributed by atoms with Crippen LogP contribution in [-0.2, 0) is 25.4 Å². The topological polar surface area (TPSA) is 61.8 Å². The molecule has 2 saturated heterocycles. The molecule has 1 aromatic carbocycles. The van der Waals surface area contributed by atoms with Crippen LogP contribution in [-0.4, -0.2) is 18.4 Å². The Labute approximate surface area is 130 Å². The minimum absolute atomic E-state index is 0.0897. The molecule has 0 saturated carbocycles. The second-order valence-electron chi connectivity index (χ2n) is 5.10. The molecule has 21 heavy (non-hydrogen) atoms. The molecule has 108 valence electrons. The minimum atomic E-state index is -2.47. The Morgan fingerprint density at radius 3 is 2.76 bits per heavy atom. The van der Waals surface area contributed by atoms with E-state index in [1.54, 1.807) is 0 Å². The molecule has 1 unspecified atom stereocenters. The number of carbonyl (C=O) groups is 2. The maximum absolute atomic E-state index is 12.3. The van der Waals surface area contributed by atoms with Gasteiger partial charge in [-0.25, -0.2) is 0 Å². The highest BCUT2D eigenvalue weighted by molar-refractivity contribution is 9.10. The van der Waals surface area contributed by atoms with Gasteiger partial charge in [0.2, 0.25) is 0 Å². The lowest BCUT2D eigenvalue weighted by atomic mass is 9.49. The smallest absolute Gasteiger partial charge is 0.636 e. The van der Waals surface area contributed by atoms with Gasteiger partial charge in [-0.05, 0) is 17.7 Å². The number of halogens is 1. The maximum atomic E-state index is 12.3. The molecular weight excluding hydrogens is 339 g/mol. The van der Waals surface area contributed by atoms with E-state index in [0.29, 0.717) is 18.0 Å². The van der Waals surface area contributed by atoms with E-state index < -0.39 is 18.4 Å². The molecule has 0 radical (unpaired) electrons. The Bertz CT molecular complexity index is 592. The lowest BCUT2D eigenvalue weighted by molar-refractivity contribution is -0.133. The van der Waals surface area contributed by atoms with Crippen molar-refractivity contribution < 1.29 is 23.6 Å². The number of allylic oxidation sites excluding steroid dienone is 1. The highest BCUT2D eigenvalue weighted by Crippen LogP contribution is 2.44. The van der Waals surface area contributed by atoms with Crippen molar-refractivity contribution in [3.63, 3.8) is 0 Å². The van der Waals surface area contributed by atoms with Crippen molar-refractivity contribution >= 4 is 34.3 Å². The van der Waals surface area contributed by atoms with Crippen molar-refractivity contribution in [2.75, 3.05) is 0 Å². The van der Waals surface area contributed by atoms with E-state index in [-0.39, 0.29) is 13.0 Å². The minimum Gasteiger partial charge on any atom is -0.636 e. The van der Waals surface area contributed by atoms with Gasteiger partial charge in [0.1, 0.15) is 19.4 Å². The van der Waals surface area contributed by atoms with Crippen LogP contribution in [0.5, 0.6) is 0 Å². The lowest BCUT2D eigenvalue weighted by Crippen LogP contribution is -2.49. The number of hydrogen-bond acceptors (Lipinski definition) is 5. The van der Waals surface area contributed by atoms with Crippen LogP contribution in [0, 0.1) is 5.82 Å². The van der Waals surface area contributed by atoms with Crippen LogP contribution in [0.2, 0.25) is 0 Å². The average Bonchev–Trinajstić information content (AvgIpc) is 2.89. The van der Waals surface area contributed by atoms with E-state index in [4.69, 9.17) is 14.0 Å². The van der Waals surface area contributed by atoms with E-state index >= 15 is 0 Å². The summed E-state index contributed by atoms with van der Waals surface area (Å²) < 4.78 is 16.8. The van der Waals surface area contributed by atoms with E-state index in [0.717, 1.165) is 10.0 Å². The summed E-state index contributed by atoms with van der Waals surface area (Å²) in [6, 6.07) is 7.38. The zero-order valence-electron chi connectivity index (χ0n) is 11.1. The summed E-state index contributed by atoms with van der Waals surface area (Å²) in [4.78, 5) is 23.7. The van der Waals surface area contributed by atoms with Crippen LogP contribution >= 0.6 is 15.9 Å². The largest absolute Gasteiger partial charge is 0.660 e. The normalized spacial score (nSPS) is 23.6. The summed E-state index contributed by atoms with van der Waals surface area (Å²) in [6.45, 7) is 1.31. The first-order valence-electron chi connectivity index (χ1n) is 6.49. The molecular formula is C14H12BBrO5. The van der Waals surface area contributed by atoms with Crippen molar-refractivity contribution in [3.05, 3.63) is 52.5 Å². The lowest BCUT2D eigenvalue weighted by Gasteiger charge is -2.23. The molecule has 3 rings (SSSR count).